The van der Waals surface area contributed by atoms with Crippen LogP contribution in [0.1, 0.15) is 34.8 Å². The van der Waals surface area contributed by atoms with E-state index in [1.165, 1.54) is 11.6 Å². The number of hydrogen-bond acceptors (Lipinski definition) is 4. The number of nitrogens with zero attached hydrogens (tertiary/aromatic N) is 2. The van der Waals surface area contributed by atoms with Gasteiger partial charge < -0.3 is 9.64 Å². The lowest BCUT2D eigenvalue weighted by Crippen LogP contribution is -2.60. The summed E-state index contributed by atoms with van der Waals surface area (Å²) in [5, 5.41) is 5.21. The van der Waals surface area contributed by atoms with E-state index in [1.807, 2.05) is 23.1 Å². The molecular weight excluding hydrogens is 344 g/mol. The summed E-state index contributed by atoms with van der Waals surface area (Å²) in [6, 6.07) is 9.99. The van der Waals surface area contributed by atoms with Gasteiger partial charge in [0.25, 0.3) is 11.5 Å². The first-order chi connectivity index (χ1) is 13.2. The van der Waals surface area contributed by atoms with Crippen molar-refractivity contribution in [2.24, 2.45) is 5.92 Å². The molecule has 0 radical (unpaired) electrons. The van der Waals surface area contributed by atoms with Gasteiger partial charge in [0.1, 0.15) is 11.4 Å². The summed E-state index contributed by atoms with van der Waals surface area (Å²) in [5.74, 6) is 1.53. The maximum Gasteiger partial charge on any atom is 0.272 e. The van der Waals surface area contributed by atoms with Crippen LogP contribution in [0.15, 0.2) is 35.1 Å². The highest BCUT2D eigenvalue weighted by atomic mass is 16.5. The number of benzene rings is 1. The number of carbonyl (C=O) groups excluding carboxylic acids is 1. The standard InChI is InChI=1S/C20H24N4O3/c1-27-16-5-3-2-4-13(16)14-11-24(20(26)15-10-17(25)22-21-15)18-12-6-8-23(9-7-12)19(14)18/h2-5,10,12,14,18-19H,6-9,11H2,1H3,(H2,21,22,25)/t14-,18-,19-/m1/s1. The minimum Gasteiger partial charge on any atom is -0.496 e. The Balaban J connectivity index is 1.56. The molecule has 2 aromatic rings. The van der Waals surface area contributed by atoms with Gasteiger partial charge >= 0.3 is 0 Å². The van der Waals surface area contributed by atoms with Gasteiger partial charge in [-0.05, 0) is 37.9 Å². The number of fused-ring (bicyclic) bond motifs is 2. The van der Waals surface area contributed by atoms with Crippen molar-refractivity contribution in [1.29, 1.82) is 0 Å². The van der Waals surface area contributed by atoms with Gasteiger partial charge in [0.05, 0.1) is 13.2 Å². The highest BCUT2D eigenvalue weighted by Crippen LogP contribution is 2.48. The van der Waals surface area contributed by atoms with E-state index in [0.29, 0.717) is 24.2 Å². The number of likely N-dealkylation sites (tertiary alicyclic amines) is 1. The molecule has 7 heteroatoms. The molecule has 0 spiro atoms. The average molecular weight is 368 g/mol. The number of amides is 1. The molecule has 4 aliphatic rings. The largest absolute Gasteiger partial charge is 0.496 e. The molecule has 1 amide bonds. The molecule has 27 heavy (non-hydrogen) atoms. The van der Waals surface area contributed by atoms with Crippen LogP contribution in [0, 0.1) is 5.92 Å². The van der Waals surface area contributed by atoms with Crippen LogP contribution in [0.5, 0.6) is 5.75 Å². The van der Waals surface area contributed by atoms with Gasteiger partial charge in [-0.3, -0.25) is 24.7 Å². The number of carbonyl (C=O) groups is 1. The molecule has 7 nitrogen and oxygen atoms in total. The summed E-state index contributed by atoms with van der Waals surface area (Å²) in [7, 11) is 1.70. The van der Waals surface area contributed by atoms with E-state index in [4.69, 9.17) is 4.74 Å². The van der Waals surface area contributed by atoms with Gasteiger partial charge in [-0.2, -0.15) is 0 Å². The Labute approximate surface area is 157 Å². The third-order valence-electron chi connectivity index (χ3n) is 6.62. The Kier molecular flexibility index (Phi) is 3.86. The normalized spacial score (nSPS) is 31.7. The van der Waals surface area contributed by atoms with Crippen LogP contribution >= 0.6 is 0 Å². The molecule has 5 heterocycles. The second kappa shape index (κ2) is 6.27. The van der Waals surface area contributed by atoms with Crippen LogP contribution in [0.3, 0.4) is 0 Å². The number of H-pyrrole nitrogens is 2. The molecule has 6 rings (SSSR count). The summed E-state index contributed by atoms with van der Waals surface area (Å²) in [6.45, 7) is 2.84. The number of aromatic amines is 2. The lowest BCUT2D eigenvalue weighted by molar-refractivity contribution is -0.00367. The molecular formula is C20H24N4O3. The Hall–Kier alpha value is -2.54. The van der Waals surface area contributed by atoms with Gasteiger partial charge in [-0.15, -0.1) is 0 Å². The molecule has 3 atom stereocenters. The monoisotopic (exact) mass is 368 g/mol. The van der Waals surface area contributed by atoms with E-state index in [0.717, 1.165) is 31.7 Å². The Morgan fingerprint density at radius 3 is 2.63 bits per heavy atom. The number of methoxy groups -OCH3 is 1. The van der Waals surface area contributed by atoms with Crippen molar-refractivity contribution in [2.45, 2.75) is 30.8 Å². The lowest BCUT2D eigenvalue weighted by Gasteiger charge is -2.51. The second-order valence-electron chi connectivity index (χ2n) is 7.83. The zero-order chi connectivity index (χ0) is 18.5. The fourth-order valence-electron chi connectivity index (χ4n) is 5.50. The molecule has 0 saturated carbocycles. The van der Waals surface area contributed by atoms with Crippen LogP contribution in [0.25, 0.3) is 0 Å². The van der Waals surface area contributed by atoms with Gasteiger partial charge in [-0.25, -0.2) is 0 Å². The molecule has 0 unspecified atom stereocenters. The van der Waals surface area contributed by atoms with E-state index in [-0.39, 0.29) is 23.4 Å². The van der Waals surface area contributed by atoms with Crippen LogP contribution < -0.4 is 10.3 Å². The fraction of sp³-hybridized carbons (Fsp3) is 0.500. The first-order valence-corrected chi connectivity index (χ1v) is 9.63. The molecule has 1 aromatic heterocycles. The highest BCUT2D eigenvalue weighted by Gasteiger charge is 2.55. The van der Waals surface area contributed by atoms with Crippen LogP contribution in [-0.4, -0.2) is 64.7 Å². The molecule has 2 N–H and O–H groups in total. The van der Waals surface area contributed by atoms with E-state index in [1.54, 1.807) is 7.11 Å². The number of para-hydroxylation sites is 1. The number of nitrogens with one attached hydrogen (secondary N) is 2. The molecule has 4 fully saturated rings. The van der Waals surface area contributed by atoms with E-state index >= 15 is 0 Å². The first-order valence-electron chi connectivity index (χ1n) is 9.63. The zero-order valence-corrected chi connectivity index (χ0v) is 15.4. The van der Waals surface area contributed by atoms with Gasteiger partial charge in [0, 0.05) is 30.1 Å². The van der Waals surface area contributed by atoms with E-state index in [2.05, 4.69) is 21.2 Å². The quantitative estimate of drug-likeness (QED) is 0.858. The van der Waals surface area contributed by atoms with Gasteiger partial charge in [0.2, 0.25) is 0 Å². The number of hydrogen-bond donors (Lipinski definition) is 2. The lowest BCUT2D eigenvalue weighted by atomic mass is 9.75. The Morgan fingerprint density at radius 1 is 1.15 bits per heavy atom. The molecule has 2 bridgehead atoms. The summed E-state index contributed by atoms with van der Waals surface area (Å²) in [4.78, 5) is 29.3. The Morgan fingerprint density at radius 2 is 1.93 bits per heavy atom. The fourth-order valence-corrected chi connectivity index (χ4v) is 5.50. The average Bonchev–Trinajstić information content (AvgIpc) is 3.33. The van der Waals surface area contributed by atoms with Crippen LogP contribution in [0.4, 0.5) is 0 Å². The maximum absolute atomic E-state index is 13.2. The first kappa shape index (κ1) is 16.6. The SMILES string of the molecule is COc1ccccc1[C@H]1CN(C(=O)c2cc(=O)[nH][nH]2)[C@@H]2C3CCN(CC3)[C@H]12. The maximum atomic E-state index is 13.2. The van der Waals surface area contributed by atoms with Crippen molar-refractivity contribution in [3.05, 3.63) is 51.9 Å². The summed E-state index contributed by atoms with van der Waals surface area (Å²) in [5.41, 5.74) is 1.24. The minimum absolute atomic E-state index is 0.0884. The predicted octanol–water partition coefficient (Wildman–Crippen LogP) is 1.41. The summed E-state index contributed by atoms with van der Waals surface area (Å²) in [6.07, 6.45) is 2.26. The Bertz CT molecular complexity index is 912. The number of rotatable bonds is 3. The predicted molar refractivity (Wildman–Crippen MR) is 100 cm³/mol. The van der Waals surface area contributed by atoms with Gasteiger partial charge in [-0.1, -0.05) is 18.2 Å². The smallest absolute Gasteiger partial charge is 0.272 e. The summed E-state index contributed by atoms with van der Waals surface area (Å²) < 4.78 is 5.63. The van der Waals surface area contributed by atoms with E-state index in [9.17, 15) is 9.59 Å². The molecule has 142 valence electrons. The van der Waals surface area contributed by atoms with Crippen molar-refractivity contribution in [1.82, 2.24) is 20.0 Å². The van der Waals surface area contributed by atoms with E-state index < -0.39 is 0 Å². The highest BCUT2D eigenvalue weighted by molar-refractivity contribution is 5.93. The second-order valence-corrected chi connectivity index (χ2v) is 7.83. The number of aromatic nitrogens is 2. The number of piperidine rings is 3. The topological polar surface area (TPSA) is 81.4 Å². The summed E-state index contributed by atoms with van der Waals surface area (Å²) >= 11 is 0. The minimum atomic E-state index is -0.274. The van der Waals surface area contributed by atoms with Crippen LogP contribution in [0.2, 0.25) is 0 Å². The van der Waals surface area contributed by atoms with Crippen molar-refractivity contribution < 1.29 is 9.53 Å². The van der Waals surface area contributed by atoms with Crippen molar-refractivity contribution >= 4 is 5.91 Å². The van der Waals surface area contributed by atoms with Crippen molar-refractivity contribution in [3.8, 4) is 5.75 Å². The molecule has 0 aliphatic carbocycles. The molecule has 4 aliphatic heterocycles. The van der Waals surface area contributed by atoms with Crippen LogP contribution in [-0.2, 0) is 0 Å². The van der Waals surface area contributed by atoms with Gasteiger partial charge in [0.15, 0.2) is 0 Å². The number of ether oxygens (including phenoxy) is 1. The third kappa shape index (κ3) is 2.52. The third-order valence-corrected chi connectivity index (χ3v) is 6.62. The molecule has 4 saturated heterocycles. The zero-order valence-electron chi connectivity index (χ0n) is 15.4. The van der Waals surface area contributed by atoms with Crippen molar-refractivity contribution in [3.63, 3.8) is 0 Å². The molecule has 1 aromatic carbocycles. The van der Waals surface area contributed by atoms with Crippen molar-refractivity contribution in [2.75, 3.05) is 26.7 Å².